The van der Waals surface area contributed by atoms with Crippen molar-refractivity contribution in [3.8, 4) is 0 Å². The highest BCUT2D eigenvalue weighted by Crippen LogP contribution is 2.26. The summed E-state index contributed by atoms with van der Waals surface area (Å²) in [6, 6.07) is 1.74. The Labute approximate surface area is 185 Å². The van der Waals surface area contributed by atoms with Gasteiger partial charge in [0.25, 0.3) is 5.56 Å². The fraction of sp³-hybridized carbons (Fsp3) is 0.667. The summed E-state index contributed by atoms with van der Waals surface area (Å²) in [5.41, 5.74) is -0.0287. The van der Waals surface area contributed by atoms with Crippen molar-refractivity contribution in [1.29, 1.82) is 0 Å². The highest BCUT2D eigenvalue weighted by Gasteiger charge is 2.35. The Bertz CT molecular complexity index is 1020. The number of aromatic nitrogens is 3. The van der Waals surface area contributed by atoms with Crippen LogP contribution in [-0.2, 0) is 9.53 Å². The van der Waals surface area contributed by atoms with Gasteiger partial charge in [-0.2, -0.15) is 0 Å². The van der Waals surface area contributed by atoms with E-state index in [1.807, 2.05) is 31.1 Å². The monoisotopic (exact) mass is 447 g/mol. The van der Waals surface area contributed by atoms with E-state index in [-0.39, 0.29) is 29.5 Å². The van der Waals surface area contributed by atoms with E-state index in [2.05, 4.69) is 10.3 Å². The van der Waals surface area contributed by atoms with E-state index in [0.717, 1.165) is 12.8 Å². The molecule has 0 spiro atoms. The number of fused-ring (bicyclic) bond motifs is 1. The molecule has 0 N–H and O–H groups in total. The summed E-state index contributed by atoms with van der Waals surface area (Å²) in [6.45, 7) is 7.68. The topological polar surface area (TPSA) is 97.6 Å². The molecule has 0 bridgehead atoms. The van der Waals surface area contributed by atoms with E-state index in [0.29, 0.717) is 49.2 Å². The van der Waals surface area contributed by atoms with E-state index in [1.165, 1.54) is 16.0 Å². The van der Waals surface area contributed by atoms with Crippen LogP contribution in [0.15, 0.2) is 16.2 Å². The molecule has 2 saturated heterocycles. The van der Waals surface area contributed by atoms with Gasteiger partial charge >= 0.3 is 6.09 Å². The number of piperidine rings is 2. The quantitative estimate of drug-likeness (QED) is 0.702. The average Bonchev–Trinajstić information content (AvgIpc) is 3.22. The number of thiophene rings is 1. The molecule has 4 heterocycles. The standard InChI is InChI=1S/C21H29N5O4S/c1-21(2,3)30-20(29)25-9-4-5-14(13-25)18(27)24-10-6-15(7-11-24)26-19(28)17-16(22-23-26)8-12-31-17/h8,12,14-15H,4-7,9-11,13H2,1-3H3. The minimum Gasteiger partial charge on any atom is -0.444 e. The molecule has 2 aromatic heterocycles. The van der Waals surface area contributed by atoms with Gasteiger partial charge in [-0.15, -0.1) is 16.4 Å². The molecule has 0 aromatic carbocycles. The van der Waals surface area contributed by atoms with Crippen LogP contribution in [0.1, 0.15) is 52.5 Å². The zero-order chi connectivity index (χ0) is 22.2. The Morgan fingerprint density at radius 2 is 1.87 bits per heavy atom. The molecule has 0 radical (unpaired) electrons. The third-order valence-corrected chi connectivity index (χ3v) is 6.73. The van der Waals surface area contributed by atoms with Crippen molar-refractivity contribution in [2.45, 2.75) is 58.1 Å². The van der Waals surface area contributed by atoms with Crippen molar-refractivity contribution in [2.24, 2.45) is 5.92 Å². The van der Waals surface area contributed by atoms with Crippen LogP contribution >= 0.6 is 11.3 Å². The number of carbonyl (C=O) groups is 2. The maximum absolute atomic E-state index is 13.1. The maximum Gasteiger partial charge on any atom is 0.410 e. The van der Waals surface area contributed by atoms with Gasteiger partial charge in [0, 0.05) is 26.2 Å². The molecule has 168 valence electrons. The van der Waals surface area contributed by atoms with Crippen LogP contribution < -0.4 is 5.56 Å². The van der Waals surface area contributed by atoms with Gasteiger partial charge in [0.1, 0.15) is 15.8 Å². The number of carbonyl (C=O) groups excluding carboxylic acids is 2. The molecule has 10 heteroatoms. The van der Waals surface area contributed by atoms with Crippen molar-refractivity contribution < 1.29 is 14.3 Å². The summed E-state index contributed by atoms with van der Waals surface area (Å²) in [4.78, 5) is 41.7. The minimum absolute atomic E-state index is 0.0554. The molecular formula is C21H29N5O4S. The lowest BCUT2D eigenvalue weighted by molar-refractivity contribution is -0.138. The van der Waals surface area contributed by atoms with Crippen LogP contribution in [0.4, 0.5) is 4.79 Å². The normalized spacial score (nSPS) is 20.8. The Kier molecular flexibility index (Phi) is 6.00. The second kappa shape index (κ2) is 8.57. The molecule has 4 rings (SSSR count). The van der Waals surface area contributed by atoms with E-state index >= 15 is 0 Å². The summed E-state index contributed by atoms with van der Waals surface area (Å²) in [5, 5.41) is 10.1. The zero-order valence-corrected chi connectivity index (χ0v) is 19.1. The molecule has 1 atom stereocenters. The summed E-state index contributed by atoms with van der Waals surface area (Å²) in [5.74, 6) is -0.123. The molecule has 9 nitrogen and oxygen atoms in total. The Morgan fingerprint density at radius 1 is 1.13 bits per heavy atom. The predicted molar refractivity (Wildman–Crippen MR) is 117 cm³/mol. The highest BCUT2D eigenvalue weighted by molar-refractivity contribution is 7.17. The van der Waals surface area contributed by atoms with E-state index < -0.39 is 5.60 Å². The minimum atomic E-state index is -0.553. The van der Waals surface area contributed by atoms with Crippen molar-refractivity contribution in [3.05, 3.63) is 21.8 Å². The largest absolute Gasteiger partial charge is 0.444 e. The summed E-state index contributed by atoms with van der Waals surface area (Å²) >= 11 is 1.38. The van der Waals surface area contributed by atoms with Gasteiger partial charge < -0.3 is 14.5 Å². The van der Waals surface area contributed by atoms with Gasteiger partial charge in [-0.05, 0) is 57.9 Å². The molecule has 31 heavy (non-hydrogen) atoms. The summed E-state index contributed by atoms with van der Waals surface area (Å²) in [7, 11) is 0. The molecule has 2 aliphatic heterocycles. The number of hydrogen-bond acceptors (Lipinski definition) is 7. The Morgan fingerprint density at radius 3 is 2.58 bits per heavy atom. The molecule has 2 aliphatic rings. The van der Waals surface area contributed by atoms with E-state index in [1.54, 1.807) is 11.0 Å². The number of rotatable bonds is 2. The van der Waals surface area contributed by atoms with Gasteiger partial charge in [0.15, 0.2) is 0 Å². The number of amides is 2. The van der Waals surface area contributed by atoms with Gasteiger partial charge in [-0.1, -0.05) is 5.21 Å². The molecular weight excluding hydrogens is 418 g/mol. The lowest BCUT2D eigenvalue weighted by Crippen LogP contribution is -2.50. The summed E-state index contributed by atoms with van der Waals surface area (Å²) < 4.78 is 7.57. The second-order valence-electron chi connectivity index (χ2n) is 9.30. The van der Waals surface area contributed by atoms with Crippen LogP contribution in [0.2, 0.25) is 0 Å². The molecule has 1 unspecified atom stereocenters. The first-order valence-electron chi connectivity index (χ1n) is 10.8. The maximum atomic E-state index is 13.1. The van der Waals surface area contributed by atoms with Crippen molar-refractivity contribution in [2.75, 3.05) is 26.2 Å². The van der Waals surface area contributed by atoms with Gasteiger partial charge in [0.05, 0.1) is 12.0 Å². The first kappa shape index (κ1) is 21.7. The van der Waals surface area contributed by atoms with Crippen LogP contribution in [0.3, 0.4) is 0 Å². The van der Waals surface area contributed by atoms with Crippen LogP contribution in [-0.4, -0.2) is 68.6 Å². The number of nitrogens with zero attached hydrogens (tertiary/aromatic N) is 5. The van der Waals surface area contributed by atoms with E-state index in [4.69, 9.17) is 4.74 Å². The lowest BCUT2D eigenvalue weighted by Gasteiger charge is -2.38. The Balaban J connectivity index is 1.36. The highest BCUT2D eigenvalue weighted by atomic mass is 32.1. The van der Waals surface area contributed by atoms with Crippen LogP contribution in [0.25, 0.3) is 10.2 Å². The number of likely N-dealkylation sites (tertiary alicyclic amines) is 2. The first-order chi connectivity index (χ1) is 14.7. The molecule has 0 saturated carbocycles. The molecule has 2 fully saturated rings. The lowest BCUT2D eigenvalue weighted by atomic mass is 9.95. The summed E-state index contributed by atoms with van der Waals surface area (Å²) in [6.07, 6.45) is 2.54. The zero-order valence-electron chi connectivity index (χ0n) is 18.2. The second-order valence-corrected chi connectivity index (χ2v) is 10.2. The predicted octanol–water partition coefficient (Wildman–Crippen LogP) is 2.66. The first-order valence-corrected chi connectivity index (χ1v) is 11.7. The third kappa shape index (κ3) is 4.73. The van der Waals surface area contributed by atoms with Gasteiger partial charge in [-0.3, -0.25) is 9.59 Å². The van der Waals surface area contributed by atoms with Crippen molar-refractivity contribution in [1.82, 2.24) is 24.8 Å². The molecule has 0 aliphatic carbocycles. The number of ether oxygens (including phenoxy) is 1. The fourth-order valence-corrected chi connectivity index (χ4v) is 5.04. The fourth-order valence-electron chi connectivity index (χ4n) is 4.28. The SMILES string of the molecule is CC(C)(C)OC(=O)N1CCCC(C(=O)N2CCC(n3nnc4ccsc4c3=O)CC2)C1. The molecule has 2 amide bonds. The average molecular weight is 448 g/mol. The molecule has 2 aromatic rings. The smallest absolute Gasteiger partial charge is 0.410 e. The number of hydrogen-bond donors (Lipinski definition) is 0. The van der Waals surface area contributed by atoms with Crippen molar-refractivity contribution in [3.63, 3.8) is 0 Å². The van der Waals surface area contributed by atoms with E-state index in [9.17, 15) is 14.4 Å². The van der Waals surface area contributed by atoms with Gasteiger partial charge in [0.2, 0.25) is 5.91 Å². The van der Waals surface area contributed by atoms with Crippen LogP contribution in [0.5, 0.6) is 0 Å². The Hall–Kier alpha value is -2.49. The van der Waals surface area contributed by atoms with Crippen LogP contribution in [0, 0.1) is 5.92 Å². The van der Waals surface area contributed by atoms with Crippen molar-refractivity contribution >= 4 is 33.6 Å². The third-order valence-electron chi connectivity index (χ3n) is 5.84. The van der Waals surface area contributed by atoms with Gasteiger partial charge in [-0.25, -0.2) is 9.48 Å².